The Kier molecular flexibility index (Phi) is 4.81. The highest BCUT2D eigenvalue weighted by Gasteiger charge is 2.39. The number of carbonyl (C=O) groups excluding carboxylic acids is 1. The number of likely N-dealkylation sites (N-methyl/N-ethyl adjacent to an activating group) is 2. The number of amides is 1. The van der Waals surface area contributed by atoms with Gasteiger partial charge in [0.1, 0.15) is 0 Å². The fraction of sp³-hybridized carbons (Fsp3) is 0.929. The highest BCUT2D eigenvalue weighted by atomic mass is 16.2. The largest absolute Gasteiger partial charge is 0.354 e. The fourth-order valence-corrected chi connectivity index (χ4v) is 3.12. The molecule has 0 bridgehead atoms. The van der Waals surface area contributed by atoms with Crippen molar-refractivity contribution in [3.63, 3.8) is 0 Å². The molecule has 0 aromatic carbocycles. The van der Waals surface area contributed by atoms with Crippen molar-refractivity contribution in [2.24, 2.45) is 5.41 Å². The minimum absolute atomic E-state index is 0.168. The van der Waals surface area contributed by atoms with E-state index in [0.29, 0.717) is 6.04 Å². The minimum Gasteiger partial charge on any atom is -0.354 e. The summed E-state index contributed by atoms with van der Waals surface area (Å²) in [6.45, 7) is 7.91. The predicted octanol–water partition coefficient (Wildman–Crippen LogP) is -0.262. The van der Waals surface area contributed by atoms with Crippen LogP contribution in [0.2, 0.25) is 0 Å². The van der Waals surface area contributed by atoms with Crippen molar-refractivity contribution in [1.82, 2.24) is 20.4 Å². The summed E-state index contributed by atoms with van der Waals surface area (Å²) in [5.74, 6) is 0.238. The average Bonchev–Trinajstić information content (AvgIpc) is 2.89. The zero-order valence-corrected chi connectivity index (χ0v) is 12.5. The van der Waals surface area contributed by atoms with Crippen molar-refractivity contribution in [1.29, 1.82) is 0 Å². The first-order chi connectivity index (χ1) is 9.07. The highest BCUT2D eigenvalue weighted by Crippen LogP contribution is 2.29. The molecule has 0 spiro atoms. The summed E-state index contributed by atoms with van der Waals surface area (Å²) in [5.41, 5.74) is -0.168. The van der Waals surface area contributed by atoms with Crippen molar-refractivity contribution in [2.75, 3.05) is 53.4 Å². The van der Waals surface area contributed by atoms with E-state index in [9.17, 15) is 4.79 Å². The molecule has 0 radical (unpaired) electrons. The first-order valence-electron chi connectivity index (χ1n) is 7.45. The van der Waals surface area contributed by atoms with Crippen molar-refractivity contribution in [2.45, 2.75) is 25.8 Å². The minimum atomic E-state index is -0.168. The second-order valence-electron chi connectivity index (χ2n) is 6.17. The topological polar surface area (TPSA) is 47.6 Å². The van der Waals surface area contributed by atoms with Gasteiger partial charge in [0, 0.05) is 38.8 Å². The van der Waals surface area contributed by atoms with Crippen LogP contribution in [0.1, 0.15) is 19.8 Å². The van der Waals surface area contributed by atoms with E-state index in [1.807, 2.05) is 0 Å². The number of carbonyl (C=O) groups is 1. The van der Waals surface area contributed by atoms with Crippen LogP contribution >= 0.6 is 0 Å². The molecule has 0 aliphatic carbocycles. The summed E-state index contributed by atoms with van der Waals surface area (Å²) in [7, 11) is 4.30. The van der Waals surface area contributed by atoms with Gasteiger partial charge in [0.15, 0.2) is 0 Å². The van der Waals surface area contributed by atoms with Gasteiger partial charge in [-0.1, -0.05) is 6.92 Å². The molecule has 0 saturated carbocycles. The Balaban J connectivity index is 1.85. The van der Waals surface area contributed by atoms with Crippen LogP contribution in [0.25, 0.3) is 0 Å². The van der Waals surface area contributed by atoms with Crippen LogP contribution in [0.3, 0.4) is 0 Å². The second kappa shape index (κ2) is 6.20. The van der Waals surface area contributed by atoms with Gasteiger partial charge in [-0.15, -0.1) is 0 Å². The lowest BCUT2D eigenvalue weighted by Gasteiger charge is -2.38. The van der Waals surface area contributed by atoms with Gasteiger partial charge in [0.2, 0.25) is 5.91 Å². The molecule has 2 aliphatic heterocycles. The van der Waals surface area contributed by atoms with E-state index in [0.717, 1.165) is 52.1 Å². The summed E-state index contributed by atoms with van der Waals surface area (Å²) in [6.07, 6.45) is 1.89. The van der Waals surface area contributed by atoms with E-state index in [1.54, 1.807) is 0 Å². The molecule has 2 unspecified atom stereocenters. The van der Waals surface area contributed by atoms with Gasteiger partial charge < -0.3 is 15.5 Å². The molecule has 2 N–H and O–H groups in total. The molecule has 2 atom stereocenters. The maximum atomic E-state index is 12.4. The summed E-state index contributed by atoms with van der Waals surface area (Å²) < 4.78 is 0. The van der Waals surface area contributed by atoms with Crippen molar-refractivity contribution in [3.8, 4) is 0 Å². The third-order valence-electron chi connectivity index (χ3n) is 4.88. The van der Waals surface area contributed by atoms with E-state index < -0.39 is 0 Å². The SMILES string of the molecule is CCC1(C(=O)NCC2CN(C)CCN2C)CCNC1. The Morgan fingerprint density at radius 1 is 1.42 bits per heavy atom. The average molecular weight is 268 g/mol. The molecule has 0 aromatic heterocycles. The molecule has 2 heterocycles. The molecule has 2 rings (SSSR count). The van der Waals surface area contributed by atoms with Crippen molar-refractivity contribution >= 4 is 5.91 Å². The Hall–Kier alpha value is -0.650. The van der Waals surface area contributed by atoms with Crippen LogP contribution in [-0.4, -0.2) is 75.1 Å². The molecule has 2 saturated heterocycles. The molecule has 5 nitrogen and oxygen atoms in total. The smallest absolute Gasteiger partial charge is 0.227 e. The van der Waals surface area contributed by atoms with Crippen LogP contribution in [-0.2, 0) is 4.79 Å². The lowest BCUT2D eigenvalue weighted by molar-refractivity contribution is -0.130. The van der Waals surface area contributed by atoms with Crippen LogP contribution in [0.15, 0.2) is 0 Å². The lowest BCUT2D eigenvalue weighted by atomic mass is 9.83. The second-order valence-corrected chi connectivity index (χ2v) is 6.17. The number of hydrogen-bond acceptors (Lipinski definition) is 4. The highest BCUT2D eigenvalue weighted by molar-refractivity contribution is 5.83. The quantitative estimate of drug-likeness (QED) is 0.737. The van der Waals surface area contributed by atoms with Gasteiger partial charge in [-0.3, -0.25) is 9.69 Å². The van der Waals surface area contributed by atoms with E-state index in [1.165, 1.54) is 0 Å². The Morgan fingerprint density at radius 2 is 2.21 bits per heavy atom. The molecule has 110 valence electrons. The summed E-state index contributed by atoms with van der Waals surface area (Å²) in [6, 6.07) is 0.436. The molecule has 0 aromatic rings. The molecule has 5 heteroatoms. The van der Waals surface area contributed by atoms with Gasteiger partial charge in [-0.05, 0) is 33.5 Å². The van der Waals surface area contributed by atoms with E-state index in [2.05, 4.69) is 41.5 Å². The Labute approximate surface area is 116 Å². The molecule has 2 aliphatic rings. The van der Waals surface area contributed by atoms with Crippen LogP contribution in [0, 0.1) is 5.41 Å². The maximum Gasteiger partial charge on any atom is 0.227 e. The summed E-state index contributed by atoms with van der Waals surface area (Å²) >= 11 is 0. The first-order valence-corrected chi connectivity index (χ1v) is 7.45. The third-order valence-corrected chi connectivity index (χ3v) is 4.88. The third kappa shape index (κ3) is 3.27. The van der Waals surface area contributed by atoms with Crippen LogP contribution in [0.4, 0.5) is 0 Å². The van der Waals surface area contributed by atoms with Gasteiger partial charge in [-0.25, -0.2) is 0 Å². The zero-order valence-electron chi connectivity index (χ0n) is 12.5. The van der Waals surface area contributed by atoms with Gasteiger partial charge in [-0.2, -0.15) is 0 Å². The normalized spacial score (nSPS) is 33.5. The van der Waals surface area contributed by atoms with Gasteiger partial charge >= 0.3 is 0 Å². The maximum absolute atomic E-state index is 12.4. The van der Waals surface area contributed by atoms with E-state index in [-0.39, 0.29) is 11.3 Å². The molecule has 2 fully saturated rings. The standard InChI is InChI=1S/C14H28N4O/c1-4-14(5-6-15-11-14)13(19)16-9-12-10-17(2)7-8-18(12)3/h12,15H,4-11H2,1-3H3,(H,16,19). The number of nitrogens with one attached hydrogen (secondary N) is 2. The number of rotatable bonds is 4. The molecule has 1 amide bonds. The van der Waals surface area contributed by atoms with Crippen molar-refractivity contribution < 1.29 is 4.79 Å². The number of hydrogen-bond donors (Lipinski definition) is 2. The molecular formula is C14H28N4O. The van der Waals surface area contributed by atoms with Gasteiger partial charge in [0.05, 0.1) is 5.41 Å². The van der Waals surface area contributed by atoms with E-state index >= 15 is 0 Å². The number of piperazine rings is 1. The number of nitrogens with zero attached hydrogens (tertiary/aromatic N) is 2. The van der Waals surface area contributed by atoms with E-state index in [4.69, 9.17) is 0 Å². The predicted molar refractivity (Wildman–Crippen MR) is 77.1 cm³/mol. The van der Waals surface area contributed by atoms with Crippen molar-refractivity contribution in [3.05, 3.63) is 0 Å². The first kappa shape index (κ1) is 14.8. The zero-order chi connectivity index (χ0) is 13.9. The molecule has 19 heavy (non-hydrogen) atoms. The van der Waals surface area contributed by atoms with Crippen LogP contribution < -0.4 is 10.6 Å². The monoisotopic (exact) mass is 268 g/mol. The lowest BCUT2D eigenvalue weighted by Crippen LogP contribution is -2.55. The Bertz CT molecular complexity index is 315. The van der Waals surface area contributed by atoms with Crippen LogP contribution in [0.5, 0.6) is 0 Å². The molecular weight excluding hydrogens is 240 g/mol. The Morgan fingerprint density at radius 3 is 2.84 bits per heavy atom. The fourth-order valence-electron chi connectivity index (χ4n) is 3.12. The summed E-state index contributed by atoms with van der Waals surface area (Å²) in [4.78, 5) is 17.1. The van der Waals surface area contributed by atoms with Gasteiger partial charge in [0.25, 0.3) is 0 Å². The summed E-state index contributed by atoms with van der Waals surface area (Å²) in [5, 5.41) is 6.51.